The molecule has 0 aromatic heterocycles. The monoisotopic (exact) mass is 238 g/mol. The molecule has 0 unspecified atom stereocenters. The van der Waals surface area contributed by atoms with Crippen molar-refractivity contribution in [1.29, 1.82) is 0 Å². The minimum Gasteiger partial charge on any atom is -0.493 e. The van der Waals surface area contributed by atoms with Gasteiger partial charge >= 0.3 is 0 Å². The van der Waals surface area contributed by atoms with Gasteiger partial charge in [-0.2, -0.15) is 0 Å². The fourth-order valence-corrected chi connectivity index (χ4v) is 2.55. The molecule has 2 heteroatoms. The summed E-state index contributed by atoms with van der Waals surface area (Å²) < 4.78 is 5.88. The van der Waals surface area contributed by atoms with Gasteiger partial charge in [0.2, 0.25) is 0 Å². The molecule has 0 N–H and O–H groups in total. The van der Waals surface area contributed by atoms with Crippen LogP contribution in [0.4, 0.5) is 0 Å². The molecule has 0 spiro atoms. The smallest absolute Gasteiger partial charge is 0.123 e. The lowest BCUT2D eigenvalue weighted by Crippen LogP contribution is -2.09. The Hall–Kier alpha value is -0.690. The summed E-state index contributed by atoms with van der Waals surface area (Å²) in [7, 11) is 0. The summed E-state index contributed by atoms with van der Waals surface area (Å²) in [6.07, 6.45) is 5.37. The van der Waals surface area contributed by atoms with Crippen LogP contribution in [0.25, 0.3) is 0 Å². The second-order valence-corrected chi connectivity index (χ2v) is 4.97. The fourth-order valence-electron chi connectivity index (χ4n) is 2.34. The highest BCUT2D eigenvalue weighted by molar-refractivity contribution is 6.17. The van der Waals surface area contributed by atoms with Crippen LogP contribution >= 0.6 is 11.6 Å². The van der Waals surface area contributed by atoms with Crippen LogP contribution < -0.4 is 4.74 Å². The number of halogens is 1. The van der Waals surface area contributed by atoms with E-state index in [1.807, 2.05) is 6.07 Å². The minimum atomic E-state index is 0.529. The van der Waals surface area contributed by atoms with Gasteiger partial charge in [0.25, 0.3) is 0 Å². The van der Waals surface area contributed by atoms with E-state index in [-0.39, 0.29) is 0 Å². The Morgan fingerprint density at radius 2 is 2.06 bits per heavy atom. The van der Waals surface area contributed by atoms with E-state index in [9.17, 15) is 0 Å². The van der Waals surface area contributed by atoms with Crippen LogP contribution in [0.3, 0.4) is 0 Å². The molecule has 1 fully saturated rings. The Labute approximate surface area is 103 Å². The number of alkyl halides is 1. The number of hydrogen-bond acceptors (Lipinski definition) is 1. The number of ether oxygens (including phenoxy) is 1. The van der Waals surface area contributed by atoms with Crippen molar-refractivity contribution in [1.82, 2.24) is 0 Å². The van der Waals surface area contributed by atoms with Gasteiger partial charge in [-0.1, -0.05) is 30.5 Å². The van der Waals surface area contributed by atoms with Gasteiger partial charge < -0.3 is 4.74 Å². The molecule has 16 heavy (non-hydrogen) atoms. The molecule has 1 saturated carbocycles. The summed E-state index contributed by atoms with van der Waals surface area (Å²) in [4.78, 5) is 0. The van der Waals surface area contributed by atoms with Crippen molar-refractivity contribution in [3.8, 4) is 5.75 Å². The molecule has 2 rings (SSSR count). The molecule has 1 nitrogen and oxygen atoms in total. The molecule has 0 atom stereocenters. The van der Waals surface area contributed by atoms with E-state index in [0.717, 1.165) is 23.8 Å². The van der Waals surface area contributed by atoms with Gasteiger partial charge in [-0.15, -0.1) is 11.6 Å². The molecule has 0 bridgehead atoms. The molecule has 0 saturated heterocycles. The first-order valence-electron chi connectivity index (χ1n) is 6.08. The molecule has 1 aromatic rings. The second-order valence-electron chi connectivity index (χ2n) is 4.71. The maximum Gasteiger partial charge on any atom is 0.123 e. The van der Waals surface area contributed by atoms with Crippen LogP contribution in [-0.2, 0) is 5.88 Å². The highest BCUT2D eigenvalue weighted by atomic mass is 35.5. The predicted molar refractivity (Wildman–Crippen MR) is 68.2 cm³/mol. The van der Waals surface area contributed by atoms with Crippen molar-refractivity contribution >= 4 is 11.6 Å². The average Bonchev–Trinajstić information content (AvgIpc) is 2.80. The lowest BCUT2D eigenvalue weighted by atomic mass is 10.1. The van der Waals surface area contributed by atoms with Crippen LogP contribution in [0.5, 0.6) is 5.75 Å². The second kappa shape index (κ2) is 5.58. The molecule has 0 heterocycles. The highest BCUT2D eigenvalue weighted by Gasteiger charge is 2.16. The summed E-state index contributed by atoms with van der Waals surface area (Å²) in [6.45, 7) is 2.93. The summed E-state index contributed by atoms with van der Waals surface area (Å²) in [6, 6.07) is 6.24. The van der Waals surface area contributed by atoms with E-state index < -0.39 is 0 Å². The van der Waals surface area contributed by atoms with E-state index in [1.165, 1.54) is 31.2 Å². The number of rotatable bonds is 4. The van der Waals surface area contributed by atoms with Gasteiger partial charge in [-0.3, -0.25) is 0 Å². The van der Waals surface area contributed by atoms with Crippen molar-refractivity contribution < 1.29 is 4.74 Å². The largest absolute Gasteiger partial charge is 0.493 e. The van der Waals surface area contributed by atoms with E-state index in [4.69, 9.17) is 16.3 Å². The van der Waals surface area contributed by atoms with Gasteiger partial charge in [-0.05, 0) is 31.7 Å². The van der Waals surface area contributed by atoms with Crippen molar-refractivity contribution in [3.05, 3.63) is 29.3 Å². The topological polar surface area (TPSA) is 9.23 Å². The van der Waals surface area contributed by atoms with Crippen LogP contribution in [0.2, 0.25) is 0 Å². The van der Waals surface area contributed by atoms with Crippen LogP contribution in [0.15, 0.2) is 18.2 Å². The lowest BCUT2D eigenvalue weighted by Gasteiger charge is -2.14. The van der Waals surface area contributed by atoms with Crippen molar-refractivity contribution in [2.24, 2.45) is 5.92 Å². The highest BCUT2D eigenvalue weighted by Crippen LogP contribution is 2.27. The van der Waals surface area contributed by atoms with Crippen LogP contribution in [0, 0.1) is 12.8 Å². The van der Waals surface area contributed by atoms with Gasteiger partial charge in [0, 0.05) is 5.56 Å². The maximum absolute atomic E-state index is 5.92. The average molecular weight is 239 g/mol. The number of hydrogen-bond donors (Lipinski definition) is 0. The van der Waals surface area contributed by atoms with E-state index in [1.54, 1.807) is 0 Å². The van der Waals surface area contributed by atoms with Crippen LogP contribution in [-0.4, -0.2) is 6.61 Å². The third-order valence-electron chi connectivity index (χ3n) is 3.31. The third kappa shape index (κ3) is 2.91. The maximum atomic E-state index is 5.92. The van der Waals surface area contributed by atoms with E-state index in [0.29, 0.717) is 5.88 Å². The SMILES string of the molecule is Cc1ccc(OCC2CCCC2)c(CCl)c1. The Balaban J connectivity index is 1.97. The van der Waals surface area contributed by atoms with Crippen molar-refractivity contribution in [2.45, 2.75) is 38.5 Å². The molecule has 1 aliphatic rings. The molecule has 88 valence electrons. The first kappa shape index (κ1) is 11.8. The zero-order chi connectivity index (χ0) is 11.4. The normalized spacial score (nSPS) is 16.6. The summed E-state index contributed by atoms with van der Waals surface area (Å²) in [5, 5.41) is 0. The Morgan fingerprint density at radius 1 is 1.31 bits per heavy atom. The molecular formula is C14H19ClO. The molecule has 0 radical (unpaired) electrons. The summed E-state index contributed by atoms with van der Waals surface area (Å²) >= 11 is 5.92. The Morgan fingerprint density at radius 3 is 2.75 bits per heavy atom. The van der Waals surface area contributed by atoms with Gasteiger partial charge in [0.1, 0.15) is 5.75 Å². The van der Waals surface area contributed by atoms with E-state index >= 15 is 0 Å². The molecule has 0 aliphatic heterocycles. The van der Waals surface area contributed by atoms with Gasteiger partial charge in [0.05, 0.1) is 12.5 Å². The Kier molecular flexibility index (Phi) is 4.11. The van der Waals surface area contributed by atoms with Crippen LogP contribution in [0.1, 0.15) is 36.8 Å². The summed E-state index contributed by atoms with van der Waals surface area (Å²) in [5.41, 5.74) is 2.35. The summed E-state index contributed by atoms with van der Waals surface area (Å²) in [5.74, 6) is 2.25. The zero-order valence-corrected chi connectivity index (χ0v) is 10.6. The van der Waals surface area contributed by atoms with Gasteiger partial charge in [0.15, 0.2) is 0 Å². The quantitative estimate of drug-likeness (QED) is 0.711. The standard InChI is InChI=1S/C14H19ClO/c1-11-6-7-14(13(8-11)9-15)16-10-12-4-2-3-5-12/h6-8,12H,2-5,9-10H2,1H3. The minimum absolute atomic E-state index is 0.529. The predicted octanol–water partition coefficient (Wildman–Crippen LogP) is 4.30. The molecule has 1 aromatic carbocycles. The lowest BCUT2D eigenvalue weighted by molar-refractivity contribution is 0.250. The number of aryl methyl sites for hydroxylation is 1. The van der Waals surface area contributed by atoms with Crippen molar-refractivity contribution in [3.63, 3.8) is 0 Å². The zero-order valence-electron chi connectivity index (χ0n) is 9.84. The van der Waals surface area contributed by atoms with Gasteiger partial charge in [-0.25, -0.2) is 0 Å². The van der Waals surface area contributed by atoms with Crippen molar-refractivity contribution in [2.75, 3.05) is 6.61 Å². The molecule has 1 aliphatic carbocycles. The fraction of sp³-hybridized carbons (Fsp3) is 0.571. The number of benzene rings is 1. The third-order valence-corrected chi connectivity index (χ3v) is 3.60. The molecule has 0 amide bonds. The Bertz CT molecular complexity index is 343. The first-order valence-corrected chi connectivity index (χ1v) is 6.61. The molecular weight excluding hydrogens is 220 g/mol. The van der Waals surface area contributed by atoms with E-state index in [2.05, 4.69) is 19.1 Å². The first-order chi connectivity index (χ1) is 7.79.